The average Bonchev–Trinajstić information content (AvgIpc) is 2.45. The van der Waals surface area contributed by atoms with Gasteiger partial charge in [-0.1, -0.05) is 13.0 Å². The molecule has 1 aromatic carbocycles. The van der Waals surface area contributed by atoms with Gasteiger partial charge in [0.1, 0.15) is 23.7 Å². The molecule has 0 spiro atoms. The van der Waals surface area contributed by atoms with Crippen molar-refractivity contribution < 1.29 is 23.5 Å². The molecule has 0 N–H and O–H groups in total. The zero-order chi connectivity index (χ0) is 15.1. The van der Waals surface area contributed by atoms with Gasteiger partial charge < -0.3 is 14.4 Å². The molecule has 0 atom stereocenters. The first kappa shape index (κ1) is 15.9. The summed E-state index contributed by atoms with van der Waals surface area (Å²) < 4.78 is 23.4. The summed E-state index contributed by atoms with van der Waals surface area (Å²) in [6, 6.07) is 4.13. The number of carbonyl (C=O) groups is 2. The molecule has 0 aliphatic carbocycles. The fourth-order valence-electron chi connectivity index (χ4n) is 1.78. The lowest BCUT2D eigenvalue weighted by Gasteiger charge is -2.22. The van der Waals surface area contributed by atoms with Crippen molar-refractivity contribution in [1.82, 2.24) is 4.90 Å². The monoisotopic (exact) mass is 283 g/mol. The summed E-state index contributed by atoms with van der Waals surface area (Å²) in [5.74, 6) is -1.68. The first-order valence-corrected chi connectivity index (χ1v) is 6.23. The molecule has 0 aromatic heterocycles. The number of carbonyl (C=O) groups excluding carboxylic acids is 2. The van der Waals surface area contributed by atoms with Crippen LogP contribution in [-0.2, 0) is 9.53 Å². The highest BCUT2D eigenvalue weighted by Crippen LogP contribution is 2.23. The topological polar surface area (TPSA) is 55.8 Å². The van der Waals surface area contributed by atoms with E-state index in [0.29, 0.717) is 13.0 Å². The Labute approximate surface area is 117 Å². The predicted octanol–water partition coefficient (Wildman–Crippen LogP) is 1.86. The van der Waals surface area contributed by atoms with Crippen molar-refractivity contribution in [1.29, 1.82) is 0 Å². The molecule has 1 aromatic rings. The Bertz CT molecular complexity index is 490. The number of benzene rings is 1. The smallest absolute Gasteiger partial charge is 0.325 e. The molecule has 110 valence electrons. The molecule has 20 heavy (non-hydrogen) atoms. The van der Waals surface area contributed by atoms with Gasteiger partial charge in [0, 0.05) is 6.54 Å². The summed E-state index contributed by atoms with van der Waals surface area (Å²) in [4.78, 5) is 25.0. The Balaban J connectivity index is 3.09. The Morgan fingerprint density at radius 3 is 2.55 bits per heavy atom. The van der Waals surface area contributed by atoms with Crippen LogP contribution >= 0.6 is 0 Å². The van der Waals surface area contributed by atoms with E-state index in [9.17, 15) is 14.0 Å². The van der Waals surface area contributed by atoms with Gasteiger partial charge in [-0.05, 0) is 18.6 Å². The number of ether oxygens (including phenoxy) is 2. The second kappa shape index (κ2) is 7.47. The molecule has 0 unspecified atom stereocenters. The van der Waals surface area contributed by atoms with Crippen LogP contribution in [0, 0.1) is 5.82 Å². The summed E-state index contributed by atoms with van der Waals surface area (Å²) in [7, 11) is 2.59. The number of nitrogens with zero attached hydrogens (tertiary/aromatic N) is 1. The van der Waals surface area contributed by atoms with E-state index in [1.54, 1.807) is 0 Å². The second-order valence-corrected chi connectivity index (χ2v) is 4.12. The van der Waals surface area contributed by atoms with Crippen molar-refractivity contribution in [3.63, 3.8) is 0 Å². The highest BCUT2D eigenvalue weighted by atomic mass is 19.1. The maximum absolute atomic E-state index is 13.9. The van der Waals surface area contributed by atoms with Gasteiger partial charge in [0.05, 0.1) is 14.2 Å². The van der Waals surface area contributed by atoms with Crippen LogP contribution in [0.25, 0.3) is 0 Å². The summed E-state index contributed by atoms with van der Waals surface area (Å²) in [6.07, 6.45) is 0.638. The lowest BCUT2D eigenvalue weighted by molar-refractivity contribution is -0.141. The third-order valence-electron chi connectivity index (χ3n) is 2.74. The number of esters is 1. The van der Waals surface area contributed by atoms with E-state index >= 15 is 0 Å². The fourth-order valence-corrected chi connectivity index (χ4v) is 1.78. The number of hydrogen-bond acceptors (Lipinski definition) is 4. The standard InChI is InChI=1S/C14H18FNO4/c1-4-8-16(9-12(17)20-3)14(18)13-10(15)6-5-7-11(13)19-2/h5-7H,4,8-9H2,1-3H3. The Kier molecular flexibility index (Phi) is 5.96. The first-order valence-electron chi connectivity index (χ1n) is 6.23. The molecular weight excluding hydrogens is 265 g/mol. The van der Waals surface area contributed by atoms with Crippen molar-refractivity contribution in [2.45, 2.75) is 13.3 Å². The van der Waals surface area contributed by atoms with Gasteiger partial charge in [0.2, 0.25) is 0 Å². The largest absolute Gasteiger partial charge is 0.496 e. The number of methoxy groups -OCH3 is 2. The van der Waals surface area contributed by atoms with Crippen LogP contribution in [0.4, 0.5) is 4.39 Å². The molecular formula is C14H18FNO4. The molecule has 5 nitrogen and oxygen atoms in total. The van der Waals surface area contributed by atoms with E-state index in [2.05, 4.69) is 4.74 Å². The minimum absolute atomic E-state index is 0.140. The van der Waals surface area contributed by atoms with Gasteiger partial charge in [-0.3, -0.25) is 9.59 Å². The van der Waals surface area contributed by atoms with Crippen LogP contribution in [-0.4, -0.2) is 44.1 Å². The van der Waals surface area contributed by atoms with E-state index < -0.39 is 17.7 Å². The van der Waals surface area contributed by atoms with Crippen molar-refractivity contribution in [2.24, 2.45) is 0 Å². The number of amides is 1. The van der Waals surface area contributed by atoms with Crippen molar-refractivity contribution in [2.75, 3.05) is 27.3 Å². The molecule has 6 heteroatoms. The van der Waals surface area contributed by atoms with E-state index in [-0.39, 0.29) is 17.9 Å². The zero-order valence-corrected chi connectivity index (χ0v) is 11.8. The number of hydrogen-bond donors (Lipinski definition) is 0. The zero-order valence-electron chi connectivity index (χ0n) is 11.8. The highest BCUT2D eigenvalue weighted by molar-refractivity contribution is 5.98. The van der Waals surface area contributed by atoms with Crippen LogP contribution in [0.15, 0.2) is 18.2 Å². The van der Waals surface area contributed by atoms with Crippen LogP contribution in [0.1, 0.15) is 23.7 Å². The molecule has 0 bridgehead atoms. The van der Waals surface area contributed by atoms with Crippen molar-refractivity contribution >= 4 is 11.9 Å². The van der Waals surface area contributed by atoms with E-state index in [4.69, 9.17) is 4.74 Å². The molecule has 0 fully saturated rings. The van der Waals surface area contributed by atoms with Crippen LogP contribution in [0.5, 0.6) is 5.75 Å². The van der Waals surface area contributed by atoms with Gasteiger partial charge in [-0.2, -0.15) is 0 Å². The lowest BCUT2D eigenvalue weighted by Crippen LogP contribution is -2.37. The molecule has 1 rings (SSSR count). The molecule has 0 saturated carbocycles. The second-order valence-electron chi connectivity index (χ2n) is 4.12. The SMILES string of the molecule is CCCN(CC(=O)OC)C(=O)c1c(F)cccc1OC. The lowest BCUT2D eigenvalue weighted by atomic mass is 10.1. The van der Waals surface area contributed by atoms with Crippen molar-refractivity contribution in [3.05, 3.63) is 29.6 Å². The maximum atomic E-state index is 13.9. The predicted molar refractivity (Wildman–Crippen MR) is 71.2 cm³/mol. The molecule has 0 aliphatic heterocycles. The molecule has 0 aliphatic rings. The van der Waals surface area contributed by atoms with E-state index in [1.165, 1.54) is 37.3 Å². The summed E-state index contributed by atoms with van der Waals surface area (Å²) in [5.41, 5.74) is -0.174. The van der Waals surface area contributed by atoms with Gasteiger partial charge >= 0.3 is 5.97 Å². The minimum atomic E-state index is -0.680. The van der Waals surface area contributed by atoms with Gasteiger partial charge in [-0.15, -0.1) is 0 Å². The summed E-state index contributed by atoms with van der Waals surface area (Å²) in [6.45, 7) is 1.96. The molecule has 1 amide bonds. The quantitative estimate of drug-likeness (QED) is 0.748. The minimum Gasteiger partial charge on any atom is -0.496 e. The Morgan fingerprint density at radius 1 is 1.30 bits per heavy atom. The fraction of sp³-hybridized carbons (Fsp3) is 0.429. The summed E-state index contributed by atoms with van der Waals surface area (Å²) in [5, 5.41) is 0. The molecule has 0 radical (unpaired) electrons. The first-order chi connectivity index (χ1) is 9.54. The third-order valence-corrected chi connectivity index (χ3v) is 2.74. The van der Waals surface area contributed by atoms with Gasteiger partial charge in [0.15, 0.2) is 0 Å². The highest BCUT2D eigenvalue weighted by Gasteiger charge is 2.24. The Hall–Kier alpha value is -2.11. The van der Waals surface area contributed by atoms with Crippen LogP contribution < -0.4 is 4.74 Å². The van der Waals surface area contributed by atoms with Crippen LogP contribution in [0.2, 0.25) is 0 Å². The number of halogens is 1. The summed E-state index contributed by atoms with van der Waals surface area (Å²) >= 11 is 0. The van der Waals surface area contributed by atoms with Gasteiger partial charge in [-0.25, -0.2) is 4.39 Å². The van der Waals surface area contributed by atoms with E-state index in [1.807, 2.05) is 6.92 Å². The van der Waals surface area contributed by atoms with Gasteiger partial charge in [0.25, 0.3) is 5.91 Å². The Morgan fingerprint density at radius 2 is 2.00 bits per heavy atom. The third kappa shape index (κ3) is 3.69. The van der Waals surface area contributed by atoms with Crippen molar-refractivity contribution in [3.8, 4) is 5.75 Å². The molecule has 0 saturated heterocycles. The molecule has 0 heterocycles. The van der Waals surface area contributed by atoms with Crippen LogP contribution in [0.3, 0.4) is 0 Å². The maximum Gasteiger partial charge on any atom is 0.325 e. The van der Waals surface area contributed by atoms with E-state index in [0.717, 1.165) is 0 Å². The average molecular weight is 283 g/mol. The number of rotatable bonds is 6. The normalized spacial score (nSPS) is 10.0.